The number of halogens is 2. The maximum atomic E-state index is 12.5. The lowest BCUT2D eigenvalue weighted by molar-refractivity contribution is -0.131. The summed E-state index contributed by atoms with van der Waals surface area (Å²) in [7, 11) is 0. The molecule has 1 amide bonds. The predicted molar refractivity (Wildman–Crippen MR) is 124 cm³/mol. The number of para-hydroxylation sites is 2. The first kappa shape index (κ1) is 25.0. The molecule has 0 fully saturated rings. The van der Waals surface area contributed by atoms with Crippen LogP contribution >= 0.6 is 24.8 Å². The zero-order chi connectivity index (χ0) is 19.3. The van der Waals surface area contributed by atoms with Crippen LogP contribution in [0.15, 0.2) is 54.9 Å². The maximum absolute atomic E-state index is 12.5. The summed E-state index contributed by atoms with van der Waals surface area (Å²) in [5.74, 6) is 0.0453. The van der Waals surface area contributed by atoms with E-state index in [0.29, 0.717) is 13.1 Å². The van der Waals surface area contributed by atoms with Crippen molar-refractivity contribution >= 4 is 41.8 Å². The Labute approximate surface area is 184 Å². The topological polar surface area (TPSA) is 72.9 Å². The number of aromatic nitrogens is 2. The van der Waals surface area contributed by atoms with Gasteiger partial charge < -0.3 is 15.6 Å². The third kappa shape index (κ3) is 5.50. The SMILES string of the molecule is CCC(CC)(CN)C(=O)NCc1ccc(Cn2cnc3ccccc32)cc1.Cl.Cl. The lowest BCUT2D eigenvalue weighted by Crippen LogP contribution is -2.45. The Hall–Kier alpha value is -2.08. The van der Waals surface area contributed by atoms with E-state index in [1.54, 1.807) is 0 Å². The van der Waals surface area contributed by atoms with Crippen LogP contribution in [0.4, 0.5) is 0 Å². The molecule has 0 aliphatic carbocycles. The number of benzene rings is 2. The number of hydrogen-bond donors (Lipinski definition) is 2. The zero-order valence-electron chi connectivity index (χ0n) is 16.9. The molecule has 0 atom stereocenters. The summed E-state index contributed by atoms with van der Waals surface area (Å²) in [5, 5.41) is 3.05. The minimum absolute atomic E-state index is 0. The van der Waals surface area contributed by atoms with E-state index in [2.05, 4.69) is 45.2 Å². The summed E-state index contributed by atoms with van der Waals surface area (Å²) in [4.78, 5) is 17.0. The molecule has 1 heterocycles. The predicted octanol–water partition coefficient (Wildman–Crippen LogP) is 4.31. The van der Waals surface area contributed by atoms with Gasteiger partial charge in [0.15, 0.2) is 0 Å². The molecule has 0 aliphatic heterocycles. The van der Waals surface area contributed by atoms with E-state index in [1.165, 1.54) is 5.56 Å². The Morgan fingerprint density at radius 2 is 1.66 bits per heavy atom. The van der Waals surface area contributed by atoms with Crippen molar-refractivity contribution in [3.8, 4) is 0 Å². The highest BCUT2D eigenvalue weighted by atomic mass is 35.5. The van der Waals surface area contributed by atoms with Crippen molar-refractivity contribution in [3.63, 3.8) is 0 Å². The van der Waals surface area contributed by atoms with Crippen molar-refractivity contribution in [2.24, 2.45) is 11.1 Å². The Bertz CT molecular complexity index is 896. The molecule has 0 aliphatic rings. The van der Waals surface area contributed by atoms with E-state index in [-0.39, 0.29) is 30.7 Å². The van der Waals surface area contributed by atoms with Crippen LogP contribution in [-0.2, 0) is 17.9 Å². The molecule has 29 heavy (non-hydrogen) atoms. The molecule has 2 aromatic carbocycles. The third-order valence-corrected chi connectivity index (χ3v) is 5.58. The summed E-state index contributed by atoms with van der Waals surface area (Å²) in [6.45, 7) is 5.71. The molecular formula is C22H30Cl2N4O. The fraction of sp³-hybridized carbons (Fsp3) is 0.364. The molecule has 7 heteroatoms. The van der Waals surface area contributed by atoms with Crippen LogP contribution in [0.3, 0.4) is 0 Å². The maximum Gasteiger partial charge on any atom is 0.227 e. The number of nitrogens with one attached hydrogen (secondary N) is 1. The molecule has 1 aromatic heterocycles. The van der Waals surface area contributed by atoms with Crippen LogP contribution in [0.2, 0.25) is 0 Å². The normalized spacial score (nSPS) is 10.9. The number of carbonyl (C=O) groups is 1. The number of rotatable bonds is 8. The summed E-state index contributed by atoms with van der Waals surface area (Å²) in [6.07, 6.45) is 3.38. The van der Waals surface area contributed by atoms with Crippen LogP contribution in [-0.4, -0.2) is 22.0 Å². The van der Waals surface area contributed by atoms with E-state index in [0.717, 1.165) is 36.0 Å². The van der Waals surface area contributed by atoms with Gasteiger partial charge in [-0.15, -0.1) is 24.8 Å². The first-order chi connectivity index (χ1) is 13.1. The van der Waals surface area contributed by atoms with E-state index in [1.807, 2.05) is 38.4 Å². The number of hydrogen-bond acceptors (Lipinski definition) is 3. The van der Waals surface area contributed by atoms with Crippen LogP contribution < -0.4 is 11.1 Å². The number of nitrogens with two attached hydrogens (primary N) is 1. The molecule has 0 radical (unpaired) electrons. The number of carbonyl (C=O) groups excluding carboxylic acids is 1. The first-order valence-electron chi connectivity index (χ1n) is 9.58. The molecule has 0 bridgehead atoms. The Morgan fingerprint density at radius 3 is 2.28 bits per heavy atom. The first-order valence-corrected chi connectivity index (χ1v) is 9.58. The van der Waals surface area contributed by atoms with Crippen molar-refractivity contribution in [3.05, 3.63) is 66.0 Å². The molecule has 3 rings (SSSR count). The Balaban J connectivity index is 0.00000210. The van der Waals surface area contributed by atoms with Crippen LogP contribution in [0, 0.1) is 5.41 Å². The smallest absolute Gasteiger partial charge is 0.227 e. The van der Waals surface area contributed by atoms with Crippen LogP contribution in [0.25, 0.3) is 11.0 Å². The lowest BCUT2D eigenvalue weighted by Gasteiger charge is -2.28. The van der Waals surface area contributed by atoms with Gasteiger partial charge in [0.25, 0.3) is 0 Å². The van der Waals surface area contributed by atoms with Gasteiger partial charge >= 0.3 is 0 Å². The van der Waals surface area contributed by atoms with Crippen molar-refractivity contribution in [1.82, 2.24) is 14.9 Å². The molecule has 0 saturated carbocycles. The quantitative estimate of drug-likeness (QED) is 0.552. The average Bonchev–Trinajstić information content (AvgIpc) is 3.12. The fourth-order valence-electron chi connectivity index (χ4n) is 3.42. The van der Waals surface area contributed by atoms with E-state index in [4.69, 9.17) is 5.73 Å². The second-order valence-electron chi connectivity index (χ2n) is 7.05. The Kier molecular flexibility index (Phi) is 9.63. The average molecular weight is 437 g/mol. The van der Waals surface area contributed by atoms with Crippen LogP contribution in [0.5, 0.6) is 0 Å². The standard InChI is InChI=1S/C22H28N4O.2ClH/c1-3-22(4-2,15-23)21(27)24-13-17-9-11-18(12-10-17)14-26-16-25-19-7-5-6-8-20(19)26;;/h5-12,16H,3-4,13-15,23H2,1-2H3,(H,24,27);2*1H. The van der Waals surface area contributed by atoms with Crippen molar-refractivity contribution in [1.29, 1.82) is 0 Å². The largest absolute Gasteiger partial charge is 0.352 e. The van der Waals surface area contributed by atoms with Gasteiger partial charge in [0, 0.05) is 19.6 Å². The van der Waals surface area contributed by atoms with Gasteiger partial charge in [-0.1, -0.05) is 50.2 Å². The van der Waals surface area contributed by atoms with Crippen molar-refractivity contribution < 1.29 is 4.79 Å². The monoisotopic (exact) mass is 436 g/mol. The van der Waals surface area contributed by atoms with Crippen molar-refractivity contribution in [2.45, 2.75) is 39.8 Å². The van der Waals surface area contributed by atoms with Gasteiger partial charge in [-0.25, -0.2) is 4.98 Å². The number of imidazole rings is 1. The molecule has 5 nitrogen and oxygen atoms in total. The molecule has 158 valence electrons. The van der Waals surface area contributed by atoms with E-state index < -0.39 is 5.41 Å². The van der Waals surface area contributed by atoms with Crippen LogP contribution in [0.1, 0.15) is 37.8 Å². The zero-order valence-corrected chi connectivity index (χ0v) is 18.6. The third-order valence-electron chi connectivity index (χ3n) is 5.58. The summed E-state index contributed by atoms with van der Waals surface area (Å²) in [5.41, 5.74) is 9.82. The number of nitrogens with zero attached hydrogens (tertiary/aromatic N) is 2. The summed E-state index contributed by atoms with van der Waals surface area (Å²) >= 11 is 0. The molecule has 0 spiro atoms. The van der Waals surface area contributed by atoms with E-state index in [9.17, 15) is 4.79 Å². The molecule has 3 N–H and O–H groups in total. The summed E-state index contributed by atoms with van der Waals surface area (Å²) in [6, 6.07) is 16.5. The Morgan fingerprint density at radius 1 is 1.03 bits per heavy atom. The summed E-state index contributed by atoms with van der Waals surface area (Å²) < 4.78 is 2.14. The lowest BCUT2D eigenvalue weighted by atomic mass is 9.81. The van der Waals surface area contributed by atoms with Gasteiger partial charge in [-0.05, 0) is 36.1 Å². The van der Waals surface area contributed by atoms with Gasteiger partial charge in [0.1, 0.15) is 0 Å². The van der Waals surface area contributed by atoms with Gasteiger partial charge in [0.2, 0.25) is 5.91 Å². The van der Waals surface area contributed by atoms with E-state index >= 15 is 0 Å². The van der Waals surface area contributed by atoms with Crippen molar-refractivity contribution in [2.75, 3.05) is 6.54 Å². The highest BCUT2D eigenvalue weighted by Crippen LogP contribution is 2.25. The second kappa shape index (κ2) is 11.2. The van der Waals surface area contributed by atoms with Gasteiger partial charge in [-0.3, -0.25) is 4.79 Å². The van der Waals surface area contributed by atoms with Gasteiger partial charge in [-0.2, -0.15) is 0 Å². The minimum atomic E-state index is -0.456. The molecule has 3 aromatic rings. The second-order valence-corrected chi connectivity index (χ2v) is 7.05. The fourth-order valence-corrected chi connectivity index (χ4v) is 3.42. The number of fused-ring (bicyclic) bond motifs is 1. The highest BCUT2D eigenvalue weighted by Gasteiger charge is 2.32. The highest BCUT2D eigenvalue weighted by molar-refractivity contribution is 5.85. The number of amides is 1. The molecular weight excluding hydrogens is 407 g/mol. The molecule has 0 unspecified atom stereocenters. The minimum Gasteiger partial charge on any atom is -0.352 e. The van der Waals surface area contributed by atoms with Gasteiger partial charge in [0.05, 0.1) is 22.8 Å². The molecule has 0 saturated heterocycles.